The second-order valence-electron chi connectivity index (χ2n) is 5.12. The lowest BCUT2D eigenvalue weighted by Crippen LogP contribution is -2.41. The van der Waals surface area contributed by atoms with E-state index >= 15 is 0 Å². The number of hydrogen-bond donors (Lipinski definition) is 3. The smallest absolute Gasteiger partial charge is 0.325 e. The molecule has 4 amide bonds. The highest BCUT2D eigenvalue weighted by atomic mass is 16.3. The zero-order valence-corrected chi connectivity index (χ0v) is 11.5. The standard InChI is InChI=1S/C12H21N3O4/c1-4-8(7-16)13-9(17)5-6-15-10(18)12(2,3)14-11(15)19/h8,16H,4-7H2,1-3H3,(H,13,17)(H,14,19)/t8-/m0/s1. The second kappa shape index (κ2) is 6.01. The van der Waals surface area contributed by atoms with Crippen molar-refractivity contribution in [3.8, 4) is 0 Å². The maximum Gasteiger partial charge on any atom is 0.325 e. The predicted octanol–water partition coefficient (Wildman–Crippen LogP) is -0.406. The molecule has 0 unspecified atom stereocenters. The summed E-state index contributed by atoms with van der Waals surface area (Å²) in [5, 5.41) is 14.1. The lowest BCUT2D eigenvalue weighted by Gasteiger charge is -2.17. The molecule has 1 saturated heterocycles. The van der Waals surface area contributed by atoms with E-state index in [1.165, 1.54) is 0 Å². The predicted molar refractivity (Wildman–Crippen MR) is 68.2 cm³/mol. The highest BCUT2D eigenvalue weighted by Crippen LogP contribution is 2.16. The van der Waals surface area contributed by atoms with Crippen molar-refractivity contribution < 1.29 is 19.5 Å². The Hall–Kier alpha value is -1.63. The van der Waals surface area contributed by atoms with Crippen LogP contribution in [-0.4, -0.2) is 52.6 Å². The fourth-order valence-electron chi connectivity index (χ4n) is 1.81. The molecule has 0 radical (unpaired) electrons. The van der Waals surface area contributed by atoms with Crippen molar-refractivity contribution in [2.24, 2.45) is 0 Å². The summed E-state index contributed by atoms with van der Waals surface area (Å²) in [6.07, 6.45) is 0.657. The molecular weight excluding hydrogens is 250 g/mol. The number of carbonyl (C=O) groups is 3. The number of urea groups is 1. The number of amides is 4. The summed E-state index contributed by atoms with van der Waals surface area (Å²) < 4.78 is 0. The van der Waals surface area contributed by atoms with Crippen LogP contribution in [-0.2, 0) is 9.59 Å². The highest BCUT2D eigenvalue weighted by Gasteiger charge is 2.43. The van der Waals surface area contributed by atoms with Crippen molar-refractivity contribution in [3.05, 3.63) is 0 Å². The zero-order valence-electron chi connectivity index (χ0n) is 11.5. The fourth-order valence-corrected chi connectivity index (χ4v) is 1.81. The van der Waals surface area contributed by atoms with E-state index in [0.717, 1.165) is 4.90 Å². The lowest BCUT2D eigenvalue weighted by molar-refractivity contribution is -0.130. The van der Waals surface area contributed by atoms with Crippen LogP contribution in [0.2, 0.25) is 0 Å². The van der Waals surface area contributed by atoms with Gasteiger partial charge in [-0.25, -0.2) is 4.79 Å². The monoisotopic (exact) mass is 271 g/mol. The Morgan fingerprint density at radius 1 is 1.47 bits per heavy atom. The summed E-state index contributed by atoms with van der Waals surface area (Å²) >= 11 is 0. The van der Waals surface area contributed by atoms with E-state index in [2.05, 4.69) is 10.6 Å². The summed E-state index contributed by atoms with van der Waals surface area (Å²) in [7, 11) is 0. The summed E-state index contributed by atoms with van der Waals surface area (Å²) in [5.41, 5.74) is -0.912. The molecule has 7 heteroatoms. The van der Waals surface area contributed by atoms with Crippen LogP contribution in [0.25, 0.3) is 0 Å². The molecule has 0 saturated carbocycles. The Morgan fingerprint density at radius 2 is 2.11 bits per heavy atom. The maximum absolute atomic E-state index is 11.9. The van der Waals surface area contributed by atoms with Crippen LogP contribution in [0.3, 0.4) is 0 Å². The Bertz CT molecular complexity index is 377. The minimum atomic E-state index is -0.912. The van der Waals surface area contributed by atoms with Crippen LogP contribution in [0.15, 0.2) is 0 Å². The van der Waals surface area contributed by atoms with Gasteiger partial charge >= 0.3 is 6.03 Å². The first-order valence-corrected chi connectivity index (χ1v) is 6.36. The first kappa shape index (κ1) is 15.4. The van der Waals surface area contributed by atoms with Gasteiger partial charge in [0.05, 0.1) is 12.6 Å². The van der Waals surface area contributed by atoms with Crippen LogP contribution in [0, 0.1) is 0 Å². The van der Waals surface area contributed by atoms with Gasteiger partial charge in [0.1, 0.15) is 5.54 Å². The van der Waals surface area contributed by atoms with Crippen molar-refractivity contribution in [2.45, 2.75) is 45.2 Å². The van der Waals surface area contributed by atoms with E-state index < -0.39 is 11.6 Å². The molecule has 0 aromatic heterocycles. The van der Waals surface area contributed by atoms with Crippen LogP contribution in [0.5, 0.6) is 0 Å². The number of nitrogens with zero attached hydrogens (tertiary/aromatic N) is 1. The molecule has 0 bridgehead atoms. The maximum atomic E-state index is 11.9. The molecule has 0 spiro atoms. The van der Waals surface area contributed by atoms with Crippen LogP contribution < -0.4 is 10.6 Å². The van der Waals surface area contributed by atoms with Gasteiger partial charge in [-0.3, -0.25) is 14.5 Å². The van der Waals surface area contributed by atoms with E-state index in [9.17, 15) is 14.4 Å². The summed E-state index contributed by atoms with van der Waals surface area (Å²) in [4.78, 5) is 36.1. The van der Waals surface area contributed by atoms with Gasteiger partial charge in [0.25, 0.3) is 5.91 Å². The topological polar surface area (TPSA) is 98.7 Å². The average Bonchev–Trinajstić information content (AvgIpc) is 2.53. The molecule has 1 atom stereocenters. The molecule has 3 N–H and O–H groups in total. The fraction of sp³-hybridized carbons (Fsp3) is 0.750. The molecule has 7 nitrogen and oxygen atoms in total. The Morgan fingerprint density at radius 3 is 2.53 bits per heavy atom. The Kier molecular flexibility index (Phi) is 4.88. The number of aliphatic hydroxyl groups is 1. The third-order valence-electron chi connectivity index (χ3n) is 3.09. The molecule has 0 aromatic carbocycles. The summed E-state index contributed by atoms with van der Waals surface area (Å²) in [6.45, 7) is 5.00. The lowest BCUT2D eigenvalue weighted by atomic mass is 10.1. The summed E-state index contributed by atoms with van der Waals surface area (Å²) in [6, 6.07) is -0.760. The van der Waals surface area contributed by atoms with Crippen molar-refractivity contribution in [3.63, 3.8) is 0 Å². The second-order valence-corrected chi connectivity index (χ2v) is 5.12. The highest BCUT2D eigenvalue weighted by molar-refractivity contribution is 6.06. The van der Waals surface area contributed by atoms with Crippen LogP contribution >= 0.6 is 0 Å². The van der Waals surface area contributed by atoms with Gasteiger partial charge in [0.2, 0.25) is 5.91 Å². The zero-order chi connectivity index (χ0) is 14.6. The molecule has 19 heavy (non-hydrogen) atoms. The molecule has 1 aliphatic rings. The van der Waals surface area contributed by atoms with E-state index in [0.29, 0.717) is 6.42 Å². The molecular formula is C12H21N3O4. The van der Waals surface area contributed by atoms with Gasteiger partial charge in [0.15, 0.2) is 0 Å². The van der Waals surface area contributed by atoms with Gasteiger partial charge < -0.3 is 15.7 Å². The van der Waals surface area contributed by atoms with Gasteiger partial charge in [-0.05, 0) is 20.3 Å². The normalized spacial score (nSPS) is 19.3. The molecule has 108 valence electrons. The number of carbonyl (C=O) groups excluding carboxylic acids is 3. The molecule has 0 aliphatic carbocycles. The quantitative estimate of drug-likeness (QED) is 0.572. The molecule has 1 aliphatic heterocycles. The van der Waals surface area contributed by atoms with Crippen LogP contribution in [0.1, 0.15) is 33.6 Å². The van der Waals surface area contributed by atoms with Gasteiger partial charge in [0, 0.05) is 13.0 Å². The largest absolute Gasteiger partial charge is 0.394 e. The average molecular weight is 271 g/mol. The van der Waals surface area contributed by atoms with Gasteiger partial charge in [-0.1, -0.05) is 6.92 Å². The van der Waals surface area contributed by atoms with E-state index in [1.54, 1.807) is 13.8 Å². The Balaban J connectivity index is 2.47. The number of nitrogens with one attached hydrogen (secondary N) is 2. The molecule has 1 fully saturated rings. The third kappa shape index (κ3) is 3.66. The van der Waals surface area contributed by atoms with Gasteiger partial charge in [-0.2, -0.15) is 0 Å². The van der Waals surface area contributed by atoms with E-state index in [1.807, 2.05) is 6.92 Å². The first-order valence-electron chi connectivity index (χ1n) is 6.36. The number of rotatable bonds is 6. The number of aliphatic hydroxyl groups excluding tert-OH is 1. The van der Waals surface area contributed by atoms with E-state index in [-0.39, 0.29) is 37.4 Å². The van der Waals surface area contributed by atoms with E-state index in [4.69, 9.17) is 5.11 Å². The number of imide groups is 1. The molecule has 1 heterocycles. The van der Waals surface area contributed by atoms with Crippen molar-refractivity contribution >= 4 is 17.8 Å². The van der Waals surface area contributed by atoms with Crippen molar-refractivity contribution in [1.29, 1.82) is 0 Å². The third-order valence-corrected chi connectivity index (χ3v) is 3.09. The molecule has 0 aromatic rings. The van der Waals surface area contributed by atoms with Crippen molar-refractivity contribution in [2.75, 3.05) is 13.2 Å². The SMILES string of the molecule is CC[C@@H](CO)NC(=O)CCN1C(=O)NC(C)(C)C1=O. The Labute approximate surface area is 112 Å². The van der Waals surface area contributed by atoms with Crippen LogP contribution in [0.4, 0.5) is 4.79 Å². The molecule has 1 rings (SSSR count). The minimum absolute atomic E-state index is 0.0335. The number of hydrogen-bond acceptors (Lipinski definition) is 4. The minimum Gasteiger partial charge on any atom is -0.394 e. The van der Waals surface area contributed by atoms with Gasteiger partial charge in [-0.15, -0.1) is 0 Å². The van der Waals surface area contributed by atoms with Crippen molar-refractivity contribution in [1.82, 2.24) is 15.5 Å². The first-order chi connectivity index (χ1) is 8.81. The summed E-state index contributed by atoms with van der Waals surface area (Å²) in [5.74, 6) is -0.620.